The fourth-order valence-corrected chi connectivity index (χ4v) is 3.22. The molecule has 7 nitrogen and oxygen atoms in total. The van der Waals surface area contributed by atoms with Gasteiger partial charge in [-0.2, -0.15) is 5.10 Å². The van der Waals surface area contributed by atoms with Gasteiger partial charge >= 0.3 is 0 Å². The minimum absolute atomic E-state index is 0.0767. The predicted octanol–water partition coefficient (Wildman–Crippen LogP) is 3.33. The van der Waals surface area contributed by atoms with Crippen LogP contribution in [0.4, 0.5) is 0 Å². The molecule has 0 aliphatic rings. The van der Waals surface area contributed by atoms with Crippen LogP contribution in [0.25, 0.3) is 11.3 Å². The third-order valence-corrected chi connectivity index (χ3v) is 4.75. The topological polar surface area (TPSA) is 84.0 Å². The highest BCUT2D eigenvalue weighted by Gasteiger charge is 2.23. The number of nitrogens with zero attached hydrogens (tertiary/aromatic N) is 4. The number of carbonyl (C=O) groups is 1. The third-order valence-electron chi connectivity index (χ3n) is 4.75. The second-order valence-corrected chi connectivity index (χ2v) is 6.43. The molecule has 1 amide bonds. The van der Waals surface area contributed by atoms with Crippen molar-refractivity contribution in [2.45, 2.75) is 26.8 Å². The Hall–Kier alpha value is -3.22. The average molecular weight is 365 g/mol. The van der Waals surface area contributed by atoms with Gasteiger partial charge in [0.05, 0.1) is 18.8 Å². The summed E-state index contributed by atoms with van der Waals surface area (Å²) in [6.07, 6.45) is 3.17. The second kappa shape index (κ2) is 7.57. The zero-order valence-electron chi connectivity index (χ0n) is 16.1. The van der Waals surface area contributed by atoms with Gasteiger partial charge in [0.25, 0.3) is 5.91 Å². The first-order valence-electron chi connectivity index (χ1n) is 8.68. The molecule has 2 aromatic heterocycles. The van der Waals surface area contributed by atoms with Crippen molar-refractivity contribution < 1.29 is 9.53 Å². The van der Waals surface area contributed by atoms with E-state index in [-0.39, 0.29) is 11.9 Å². The molecule has 1 atom stereocenters. The van der Waals surface area contributed by atoms with E-state index in [4.69, 9.17) is 4.74 Å². The zero-order valence-corrected chi connectivity index (χ0v) is 16.1. The van der Waals surface area contributed by atoms with Gasteiger partial charge in [-0.15, -0.1) is 0 Å². The van der Waals surface area contributed by atoms with Crippen LogP contribution in [-0.2, 0) is 0 Å². The van der Waals surface area contributed by atoms with Crippen LogP contribution in [0.15, 0.2) is 36.7 Å². The van der Waals surface area contributed by atoms with Crippen LogP contribution < -0.4 is 4.74 Å². The quantitative estimate of drug-likeness (QED) is 0.750. The number of carbonyl (C=O) groups excluding carboxylic acids is 1. The minimum atomic E-state index is -0.106. The maximum atomic E-state index is 13.1. The molecule has 0 spiro atoms. The lowest BCUT2D eigenvalue weighted by Gasteiger charge is -2.25. The van der Waals surface area contributed by atoms with Gasteiger partial charge in [0.2, 0.25) is 5.88 Å². The molecule has 0 saturated carbocycles. The normalized spacial score (nSPS) is 11.9. The van der Waals surface area contributed by atoms with Gasteiger partial charge in [-0.1, -0.05) is 12.1 Å². The highest BCUT2D eigenvalue weighted by molar-refractivity contribution is 5.95. The highest BCUT2D eigenvalue weighted by atomic mass is 16.5. The number of benzene rings is 1. The van der Waals surface area contributed by atoms with Crippen molar-refractivity contribution in [2.75, 3.05) is 14.2 Å². The Labute approximate surface area is 158 Å². The van der Waals surface area contributed by atoms with Gasteiger partial charge < -0.3 is 9.64 Å². The van der Waals surface area contributed by atoms with Gasteiger partial charge in [0.15, 0.2) is 0 Å². The lowest BCUT2D eigenvalue weighted by Crippen LogP contribution is -2.30. The summed E-state index contributed by atoms with van der Waals surface area (Å²) in [5, 5.41) is 7.21. The number of methoxy groups -OCH3 is 1. The van der Waals surface area contributed by atoms with E-state index in [9.17, 15) is 4.79 Å². The van der Waals surface area contributed by atoms with E-state index in [1.807, 2.05) is 39.0 Å². The number of ether oxygens (including phenoxy) is 1. The summed E-state index contributed by atoms with van der Waals surface area (Å²) in [6, 6.07) is 7.23. The summed E-state index contributed by atoms with van der Waals surface area (Å²) in [5.74, 6) is 0.348. The first kappa shape index (κ1) is 18.6. The van der Waals surface area contributed by atoms with Gasteiger partial charge in [-0.3, -0.25) is 9.89 Å². The van der Waals surface area contributed by atoms with Crippen LogP contribution in [0.2, 0.25) is 0 Å². The van der Waals surface area contributed by atoms with Gasteiger partial charge in [-0.25, -0.2) is 9.97 Å². The van der Waals surface area contributed by atoms with Crippen LogP contribution in [0.3, 0.4) is 0 Å². The highest BCUT2D eigenvalue weighted by Crippen LogP contribution is 2.28. The van der Waals surface area contributed by atoms with Crippen molar-refractivity contribution in [3.63, 3.8) is 0 Å². The molecule has 1 unspecified atom stereocenters. The van der Waals surface area contributed by atoms with E-state index in [1.165, 1.54) is 0 Å². The van der Waals surface area contributed by atoms with Crippen molar-refractivity contribution in [3.05, 3.63) is 59.2 Å². The smallest absolute Gasteiger partial charge is 0.254 e. The van der Waals surface area contributed by atoms with Gasteiger partial charge in [0.1, 0.15) is 5.69 Å². The van der Waals surface area contributed by atoms with Gasteiger partial charge in [0, 0.05) is 41.8 Å². The molecular formula is C20H23N5O2. The molecule has 0 saturated heterocycles. The molecule has 27 heavy (non-hydrogen) atoms. The standard InChI is InChI=1S/C20H23N5O2/c1-12-17(13(2)24-23-12)14(3)25(4)20(26)16-8-6-7-15(11-16)18-19(27-5)22-10-9-21-18/h6-11,14H,1-5H3,(H,23,24). The van der Waals surface area contributed by atoms with E-state index >= 15 is 0 Å². The summed E-state index contributed by atoms with van der Waals surface area (Å²) in [5.41, 5.74) is 4.87. The first-order valence-corrected chi connectivity index (χ1v) is 8.68. The molecule has 0 aliphatic carbocycles. The maximum Gasteiger partial charge on any atom is 0.254 e. The van der Waals surface area contributed by atoms with Crippen molar-refractivity contribution in [2.24, 2.45) is 0 Å². The number of aromatic amines is 1. The molecule has 140 valence electrons. The Bertz CT molecular complexity index is 947. The number of hydrogen-bond acceptors (Lipinski definition) is 5. The monoisotopic (exact) mass is 365 g/mol. The Balaban J connectivity index is 1.91. The predicted molar refractivity (Wildman–Crippen MR) is 103 cm³/mol. The minimum Gasteiger partial charge on any atom is -0.479 e. The Morgan fingerprint density at radius 3 is 2.63 bits per heavy atom. The van der Waals surface area contributed by atoms with Crippen molar-refractivity contribution in [3.8, 4) is 17.1 Å². The number of hydrogen-bond donors (Lipinski definition) is 1. The summed E-state index contributed by atoms with van der Waals surface area (Å²) >= 11 is 0. The van der Waals surface area contributed by atoms with Crippen molar-refractivity contribution in [1.82, 2.24) is 25.1 Å². The van der Waals surface area contributed by atoms with E-state index < -0.39 is 0 Å². The lowest BCUT2D eigenvalue weighted by atomic mass is 10.0. The molecule has 1 N–H and O–H groups in total. The number of rotatable bonds is 5. The molecule has 3 aromatic rings. The number of amides is 1. The number of aryl methyl sites for hydroxylation is 2. The average Bonchev–Trinajstić information content (AvgIpc) is 3.04. The van der Waals surface area contributed by atoms with E-state index in [0.717, 1.165) is 22.5 Å². The number of H-pyrrole nitrogens is 1. The zero-order chi connectivity index (χ0) is 19.6. The lowest BCUT2D eigenvalue weighted by molar-refractivity contribution is 0.0742. The van der Waals surface area contributed by atoms with Gasteiger partial charge in [-0.05, 0) is 32.9 Å². The van der Waals surface area contributed by atoms with Crippen molar-refractivity contribution in [1.29, 1.82) is 0 Å². The molecule has 7 heteroatoms. The third kappa shape index (κ3) is 3.53. The molecule has 0 aliphatic heterocycles. The molecular weight excluding hydrogens is 342 g/mol. The first-order chi connectivity index (χ1) is 12.9. The SMILES string of the molecule is COc1nccnc1-c1cccc(C(=O)N(C)C(C)c2c(C)n[nH]c2C)c1. The molecule has 2 heterocycles. The maximum absolute atomic E-state index is 13.1. The van der Waals surface area contributed by atoms with Crippen LogP contribution >= 0.6 is 0 Å². The van der Waals surface area contributed by atoms with Crippen LogP contribution in [0.1, 0.15) is 40.3 Å². The van der Waals surface area contributed by atoms with E-state index in [0.29, 0.717) is 17.1 Å². The largest absolute Gasteiger partial charge is 0.479 e. The second-order valence-electron chi connectivity index (χ2n) is 6.43. The number of aromatic nitrogens is 4. The fourth-order valence-electron chi connectivity index (χ4n) is 3.22. The molecule has 3 rings (SSSR count). The Morgan fingerprint density at radius 1 is 1.22 bits per heavy atom. The van der Waals surface area contributed by atoms with E-state index in [1.54, 1.807) is 37.5 Å². The summed E-state index contributed by atoms with van der Waals surface area (Å²) in [4.78, 5) is 23.3. The van der Waals surface area contributed by atoms with Crippen LogP contribution in [-0.4, -0.2) is 45.1 Å². The molecule has 1 aromatic carbocycles. The van der Waals surface area contributed by atoms with Crippen LogP contribution in [0, 0.1) is 13.8 Å². The fraction of sp³-hybridized carbons (Fsp3) is 0.300. The van der Waals surface area contributed by atoms with E-state index in [2.05, 4.69) is 20.2 Å². The molecule has 0 radical (unpaired) electrons. The summed E-state index contributed by atoms with van der Waals surface area (Å²) in [6.45, 7) is 5.90. The van der Waals surface area contributed by atoms with Crippen LogP contribution in [0.5, 0.6) is 5.88 Å². The molecule has 0 bridgehead atoms. The molecule has 0 fully saturated rings. The van der Waals surface area contributed by atoms with Crippen molar-refractivity contribution >= 4 is 5.91 Å². The number of nitrogens with one attached hydrogen (secondary N) is 1. The summed E-state index contributed by atoms with van der Waals surface area (Å²) in [7, 11) is 3.35. The summed E-state index contributed by atoms with van der Waals surface area (Å²) < 4.78 is 5.28. The Kier molecular flexibility index (Phi) is 5.21. The Morgan fingerprint density at radius 2 is 1.96 bits per heavy atom.